The lowest BCUT2D eigenvalue weighted by Crippen LogP contribution is -2.55. The fraction of sp³-hybridized carbons (Fsp3) is 0.222. The van der Waals surface area contributed by atoms with Crippen LogP contribution in [0.4, 0.5) is 4.39 Å². The molecule has 0 unspecified atom stereocenters. The van der Waals surface area contributed by atoms with Crippen LogP contribution in [0.3, 0.4) is 0 Å². The van der Waals surface area contributed by atoms with Crippen molar-refractivity contribution in [1.82, 2.24) is 9.80 Å². The molecule has 0 saturated carbocycles. The van der Waals surface area contributed by atoms with Gasteiger partial charge in [-0.25, -0.2) is 4.39 Å². The molecule has 1 saturated heterocycles. The number of morpholine rings is 1. The van der Waals surface area contributed by atoms with Crippen molar-refractivity contribution < 1.29 is 28.6 Å². The zero-order chi connectivity index (χ0) is 26.5. The number of carbonyl (C=O) groups excluding carboxylic acids is 2. The zero-order valence-electron chi connectivity index (χ0n) is 19.5. The van der Waals surface area contributed by atoms with E-state index in [1.54, 1.807) is 47.4 Å². The van der Waals surface area contributed by atoms with E-state index >= 15 is 0 Å². The predicted octanol–water partition coefficient (Wildman–Crippen LogP) is 4.71. The first-order valence-corrected chi connectivity index (χ1v) is 12.1. The first kappa shape index (κ1) is 26.6. The molecule has 37 heavy (non-hydrogen) atoms. The van der Waals surface area contributed by atoms with E-state index in [0.29, 0.717) is 16.1 Å². The summed E-state index contributed by atoms with van der Waals surface area (Å²) in [5, 5.41) is 9.87. The van der Waals surface area contributed by atoms with Crippen LogP contribution in [0, 0.1) is 5.82 Å². The average molecular weight is 545 g/mol. The molecule has 2 amide bonds. The molecular formula is C27H23Cl2FN2O5. The van der Waals surface area contributed by atoms with Crippen LogP contribution >= 0.6 is 23.2 Å². The highest BCUT2D eigenvalue weighted by molar-refractivity contribution is 6.31. The molecule has 0 aromatic heterocycles. The van der Waals surface area contributed by atoms with E-state index in [9.17, 15) is 23.9 Å². The van der Waals surface area contributed by atoms with E-state index in [0.717, 1.165) is 16.5 Å². The van der Waals surface area contributed by atoms with Gasteiger partial charge in [0.15, 0.2) is 6.10 Å². The molecule has 1 heterocycles. The summed E-state index contributed by atoms with van der Waals surface area (Å²) < 4.78 is 19.4. The lowest BCUT2D eigenvalue weighted by atomic mass is 9.95. The maximum absolute atomic E-state index is 13.8. The number of ether oxygens (including phenoxy) is 1. The third-order valence-electron chi connectivity index (χ3n) is 5.95. The van der Waals surface area contributed by atoms with Gasteiger partial charge in [-0.05, 0) is 41.0 Å². The van der Waals surface area contributed by atoms with Gasteiger partial charge in [0.05, 0.1) is 11.1 Å². The summed E-state index contributed by atoms with van der Waals surface area (Å²) in [6.07, 6.45) is -1.19. The summed E-state index contributed by atoms with van der Waals surface area (Å²) in [5.74, 6) is -2.81. The largest absolute Gasteiger partial charge is 0.480 e. The van der Waals surface area contributed by atoms with Crippen molar-refractivity contribution in [3.05, 3.63) is 105 Å². The van der Waals surface area contributed by atoms with Crippen molar-refractivity contribution in [2.75, 3.05) is 13.2 Å². The summed E-state index contributed by atoms with van der Waals surface area (Å²) in [4.78, 5) is 41.1. The van der Waals surface area contributed by atoms with Crippen molar-refractivity contribution in [1.29, 1.82) is 0 Å². The van der Waals surface area contributed by atoms with E-state index in [1.165, 1.54) is 12.1 Å². The summed E-state index contributed by atoms with van der Waals surface area (Å²) in [6.45, 7) is -0.964. The van der Waals surface area contributed by atoms with Crippen molar-refractivity contribution in [3.63, 3.8) is 0 Å². The topological polar surface area (TPSA) is 87.1 Å². The van der Waals surface area contributed by atoms with E-state index < -0.39 is 36.4 Å². The van der Waals surface area contributed by atoms with Crippen LogP contribution in [0.25, 0.3) is 0 Å². The molecule has 192 valence electrons. The third-order valence-corrected chi connectivity index (χ3v) is 6.48. The van der Waals surface area contributed by atoms with Gasteiger partial charge in [0.1, 0.15) is 19.0 Å². The molecule has 3 aromatic rings. The standard InChI is InChI=1S/C27H23Cl2FN2O5/c28-20-8-4-5-17(11-20)14-32-23(33)16-37-26(25(32)19-6-2-1-3-7-19)27(36)31(15-24(34)35)13-18-9-10-22(30)21(29)12-18/h1-12,25-26H,13-16H2,(H,34,35)/t25-,26+/m1/s1. The second kappa shape index (κ2) is 11.7. The highest BCUT2D eigenvalue weighted by Crippen LogP contribution is 2.33. The molecular weight excluding hydrogens is 522 g/mol. The Balaban J connectivity index is 1.69. The van der Waals surface area contributed by atoms with Crippen LogP contribution in [-0.4, -0.2) is 51.9 Å². The molecule has 0 bridgehead atoms. The highest BCUT2D eigenvalue weighted by Gasteiger charge is 2.43. The molecule has 0 spiro atoms. The quantitative estimate of drug-likeness (QED) is 0.443. The molecule has 10 heteroatoms. The van der Waals surface area contributed by atoms with Crippen LogP contribution in [0.1, 0.15) is 22.7 Å². The fourth-order valence-electron chi connectivity index (χ4n) is 4.30. The maximum Gasteiger partial charge on any atom is 0.323 e. The van der Waals surface area contributed by atoms with Gasteiger partial charge in [-0.2, -0.15) is 0 Å². The lowest BCUT2D eigenvalue weighted by molar-refractivity contribution is -0.172. The lowest BCUT2D eigenvalue weighted by Gasteiger charge is -2.42. The molecule has 1 fully saturated rings. The van der Waals surface area contributed by atoms with E-state index in [-0.39, 0.29) is 30.6 Å². The number of amides is 2. The Hall–Kier alpha value is -3.46. The monoisotopic (exact) mass is 544 g/mol. The number of carboxylic acids is 1. The van der Waals surface area contributed by atoms with Gasteiger partial charge in [-0.3, -0.25) is 14.4 Å². The smallest absolute Gasteiger partial charge is 0.323 e. The molecule has 2 atom stereocenters. The molecule has 1 aliphatic rings. The van der Waals surface area contributed by atoms with Crippen LogP contribution in [0.5, 0.6) is 0 Å². The van der Waals surface area contributed by atoms with Crippen LogP contribution < -0.4 is 0 Å². The molecule has 4 rings (SSSR count). The van der Waals surface area contributed by atoms with Crippen molar-refractivity contribution in [3.8, 4) is 0 Å². The van der Waals surface area contributed by atoms with Gasteiger partial charge in [0, 0.05) is 18.1 Å². The van der Waals surface area contributed by atoms with Crippen molar-refractivity contribution in [2.24, 2.45) is 0 Å². The minimum absolute atomic E-state index is 0.144. The number of hydrogen-bond acceptors (Lipinski definition) is 4. The van der Waals surface area contributed by atoms with Gasteiger partial charge in [0.2, 0.25) is 5.91 Å². The Labute approximate surface area is 223 Å². The molecule has 3 aromatic carbocycles. The number of halogens is 3. The van der Waals surface area contributed by atoms with E-state index in [1.807, 2.05) is 12.1 Å². The van der Waals surface area contributed by atoms with Crippen LogP contribution in [0.15, 0.2) is 72.8 Å². The molecule has 1 aliphatic heterocycles. The fourth-order valence-corrected chi connectivity index (χ4v) is 4.71. The SMILES string of the molecule is O=C(O)CN(Cc1ccc(F)c(Cl)c1)C(=O)[C@H]1OCC(=O)N(Cc2cccc(Cl)c2)[C@@H]1c1ccccc1. The van der Waals surface area contributed by atoms with Crippen molar-refractivity contribution >= 4 is 41.0 Å². The summed E-state index contributed by atoms with van der Waals surface area (Å²) >= 11 is 12.0. The van der Waals surface area contributed by atoms with Crippen molar-refractivity contribution in [2.45, 2.75) is 25.2 Å². The minimum Gasteiger partial charge on any atom is -0.480 e. The molecule has 7 nitrogen and oxygen atoms in total. The zero-order valence-corrected chi connectivity index (χ0v) is 21.0. The average Bonchev–Trinajstić information content (AvgIpc) is 2.87. The van der Waals surface area contributed by atoms with Crippen LogP contribution in [0.2, 0.25) is 10.0 Å². The number of nitrogens with zero attached hydrogens (tertiary/aromatic N) is 2. The number of carboxylic acid groups (broad SMARTS) is 1. The molecule has 0 radical (unpaired) electrons. The number of carbonyl (C=O) groups is 3. The number of aliphatic carboxylic acids is 1. The van der Waals surface area contributed by atoms with E-state index in [2.05, 4.69) is 0 Å². The Morgan fingerprint density at radius 1 is 1.03 bits per heavy atom. The molecule has 0 aliphatic carbocycles. The maximum atomic E-state index is 13.8. The number of hydrogen-bond donors (Lipinski definition) is 1. The van der Waals surface area contributed by atoms with Crippen LogP contribution in [-0.2, 0) is 32.2 Å². The summed E-state index contributed by atoms with van der Waals surface area (Å²) in [6, 6.07) is 19.1. The Morgan fingerprint density at radius 2 is 1.78 bits per heavy atom. The van der Waals surface area contributed by atoms with Gasteiger partial charge in [0.25, 0.3) is 5.91 Å². The Bertz CT molecular complexity index is 1310. The number of benzene rings is 3. The third kappa shape index (κ3) is 6.46. The second-order valence-electron chi connectivity index (χ2n) is 8.58. The van der Waals surface area contributed by atoms with Gasteiger partial charge < -0.3 is 19.6 Å². The van der Waals surface area contributed by atoms with Gasteiger partial charge in [-0.15, -0.1) is 0 Å². The summed E-state index contributed by atoms with van der Waals surface area (Å²) in [5.41, 5.74) is 1.86. The summed E-state index contributed by atoms with van der Waals surface area (Å²) in [7, 11) is 0. The minimum atomic E-state index is -1.24. The Morgan fingerprint density at radius 3 is 2.46 bits per heavy atom. The second-order valence-corrected chi connectivity index (χ2v) is 9.42. The normalized spacial score (nSPS) is 17.5. The predicted molar refractivity (Wildman–Crippen MR) is 135 cm³/mol. The first-order valence-electron chi connectivity index (χ1n) is 11.4. The number of rotatable bonds is 8. The highest BCUT2D eigenvalue weighted by atomic mass is 35.5. The van der Waals surface area contributed by atoms with E-state index in [4.69, 9.17) is 27.9 Å². The first-order chi connectivity index (χ1) is 17.7. The Kier molecular flexibility index (Phi) is 8.43. The molecule has 1 N–H and O–H groups in total. The van der Waals surface area contributed by atoms with Gasteiger partial charge >= 0.3 is 5.97 Å². The van der Waals surface area contributed by atoms with Gasteiger partial charge in [-0.1, -0.05) is 71.7 Å².